The first-order valence-electron chi connectivity index (χ1n) is 7.18. The second-order valence-electron chi connectivity index (χ2n) is 5.22. The molecule has 0 spiro atoms. The van der Waals surface area contributed by atoms with E-state index in [1.807, 2.05) is 0 Å². The first-order valence-corrected chi connectivity index (χ1v) is 8.62. The molecule has 2 rings (SSSR count). The number of hydrogen-bond acceptors (Lipinski definition) is 6. The molecule has 134 valence electrons. The fourth-order valence-electron chi connectivity index (χ4n) is 2.29. The van der Waals surface area contributed by atoms with E-state index >= 15 is 0 Å². The summed E-state index contributed by atoms with van der Waals surface area (Å²) in [6.07, 6.45) is 0. The summed E-state index contributed by atoms with van der Waals surface area (Å²) in [5, 5.41) is 11.0. The molecule has 0 aliphatic carbocycles. The van der Waals surface area contributed by atoms with Crippen LogP contribution in [-0.4, -0.2) is 34.6 Å². The first-order chi connectivity index (χ1) is 11.7. The molecule has 0 radical (unpaired) electrons. The minimum atomic E-state index is -3.99. The summed E-state index contributed by atoms with van der Waals surface area (Å²) in [4.78, 5) is 10.2. The predicted octanol–water partition coefficient (Wildman–Crippen LogP) is 2.75. The smallest absolute Gasteiger partial charge is 0.270 e. The van der Waals surface area contributed by atoms with Gasteiger partial charge in [0.1, 0.15) is 0 Å². The third kappa shape index (κ3) is 3.50. The van der Waals surface area contributed by atoms with Crippen molar-refractivity contribution in [3.8, 4) is 11.5 Å². The van der Waals surface area contributed by atoms with Crippen LogP contribution in [0.25, 0.3) is 0 Å². The first kappa shape index (κ1) is 18.5. The zero-order valence-electron chi connectivity index (χ0n) is 14.2. The zero-order valence-corrected chi connectivity index (χ0v) is 15.0. The van der Waals surface area contributed by atoms with E-state index in [2.05, 4.69) is 0 Å². The minimum absolute atomic E-state index is 0.126. The summed E-state index contributed by atoms with van der Waals surface area (Å²) in [6, 6.07) is 8.40. The molecule has 0 heterocycles. The Morgan fingerprint density at radius 3 is 2.24 bits per heavy atom. The molecule has 25 heavy (non-hydrogen) atoms. The van der Waals surface area contributed by atoms with Crippen LogP contribution in [0.15, 0.2) is 41.3 Å². The Balaban J connectivity index is 2.53. The van der Waals surface area contributed by atoms with Gasteiger partial charge in [0.25, 0.3) is 15.7 Å². The van der Waals surface area contributed by atoms with Gasteiger partial charge < -0.3 is 9.47 Å². The van der Waals surface area contributed by atoms with Crippen LogP contribution in [0.5, 0.6) is 11.5 Å². The molecule has 0 atom stereocenters. The Hall–Kier alpha value is -2.81. The number of rotatable bonds is 6. The van der Waals surface area contributed by atoms with Crippen molar-refractivity contribution in [3.05, 3.63) is 52.1 Å². The number of nitrogens with zero attached hydrogens (tertiary/aromatic N) is 2. The number of hydrogen-bond donors (Lipinski definition) is 0. The maximum absolute atomic E-state index is 12.9. The van der Waals surface area contributed by atoms with Crippen molar-refractivity contribution in [3.63, 3.8) is 0 Å². The normalized spacial score (nSPS) is 11.0. The van der Waals surface area contributed by atoms with E-state index < -0.39 is 14.9 Å². The van der Waals surface area contributed by atoms with E-state index in [4.69, 9.17) is 9.47 Å². The Bertz CT molecular complexity index is 911. The van der Waals surface area contributed by atoms with Crippen molar-refractivity contribution in [2.24, 2.45) is 0 Å². The Morgan fingerprint density at radius 2 is 1.68 bits per heavy atom. The maximum Gasteiger partial charge on any atom is 0.270 e. The summed E-state index contributed by atoms with van der Waals surface area (Å²) in [6.45, 7) is 1.58. The summed E-state index contributed by atoms with van der Waals surface area (Å²) in [7, 11) is 0.301. The molecule has 0 saturated heterocycles. The number of sulfonamides is 1. The highest BCUT2D eigenvalue weighted by Gasteiger charge is 2.26. The molecule has 9 heteroatoms. The maximum atomic E-state index is 12.9. The number of ether oxygens (including phenoxy) is 2. The number of benzene rings is 2. The lowest BCUT2D eigenvalue weighted by Crippen LogP contribution is -2.27. The molecule has 8 nitrogen and oxygen atoms in total. The van der Waals surface area contributed by atoms with Gasteiger partial charge in [-0.2, -0.15) is 0 Å². The topological polar surface area (TPSA) is 99.0 Å². The van der Waals surface area contributed by atoms with Crippen LogP contribution in [0.3, 0.4) is 0 Å². The molecule has 0 saturated carbocycles. The van der Waals surface area contributed by atoms with Crippen molar-refractivity contribution in [2.45, 2.75) is 11.8 Å². The van der Waals surface area contributed by atoms with Gasteiger partial charge in [-0.05, 0) is 24.6 Å². The number of nitro groups is 1. The Morgan fingerprint density at radius 1 is 1.04 bits per heavy atom. The van der Waals surface area contributed by atoms with Crippen molar-refractivity contribution in [1.82, 2.24) is 0 Å². The molecule has 0 fully saturated rings. The van der Waals surface area contributed by atoms with E-state index in [1.165, 1.54) is 39.5 Å². The van der Waals surface area contributed by atoms with Gasteiger partial charge in [-0.3, -0.25) is 14.4 Å². The van der Waals surface area contributed by atoms with Gasteiger partial charge in [-0.15, -0.1) is 0 Å². The molecular formula is C16H18N2O6S. The van der Waals surface area contributed by atoms with Gasteiger partial charge in [-0.1, -0.05) is 6.07 Å². The third-order valence-electron chi connectivity index (χ3n) is 3.75. The Kier molecular flexibility index (Phi) is 5.17. The predicted molar refractivity (Wildman–Crippen MR) is 93.0 cm³/mol. The van der Waals surface area contributed by atoms with Crippen molar-refractivity contribution >= 4 is 21.4 Å². The number of nitro benzene ring substituents is 1. The molecule has 2 aromatic carbocycles. The van der Waals surface area contributed by atoms with Crippen LogP contribution in [-0.2, 0) is 10.0 Å². The second-order valence-corrected chi connectivity index (χ2v) is 7.16. The SMILES string of the molecule is COc1ccc(N(C)S(=O)(=O)c2cc([N+](=O)[O-])ccc2C)cc1OC. The number of methoxy groups -OCH3 is 2. The molecule has 0 aromatic heterocycles. The van der Waals surface area contributed by atoms with E-state index in [-0.39, 0.29) is 10.6 Å². The number of anilines is 1. The van der Waals surface area contributed by atoms with Gasteiger partial charge in [0.05, 0.1) is 29.7 Å². The molecule has 0 aliphatic rings. The van der Waals surface area contributed by atoms with Crippen LogP contribution in [0, 0.1) is 17.0 Å². The average Bonchev–Trinajstić information content (AvgIpc) is 2.60. The van der Waals surface area contributed by atoms with Crippen LogP contribution in [0.4, 0.5) is 11.4 Å². The number of aryl methyl sites for hydroxylation is 1. The van der Waals surface area contributed by atoms with E-state index in [0.29, 0.717) is 22.7 Å². The standard InChI is InChI=1S/C16H18N2O6S/c1-11-5-6-13(18(19)20)10-16(11)25(21,22)17(2)12-7-8-14(23-3)15(9-12)24-4/h5-10H,1-4H3. The average molecular weight is 366 g/mol. The molecule has 0 unspecified atom stereocenters. The van der Waals surface area contributed by atoms with Gasteiger partial charge in [0, 0.05) is 25.2 Å². The van der Waals surface area contributed by atoms with Crippen LogP contribution in [0.1, 0.15) is 5.56 Å². The van der Waals surface area contributed by atoms with Gasteiger partial charge in [-0.25, -0.2) is 8.42 Å². The lowest BCUT2D eigenvalue weighted by molar-refractivity contribution is -0.385. The lowest BCUT2D eigenvalue weighted by Gasteiger charge is -2.21. The van der Waals surface area contributed by atoms with Crippen LogP contribution in [0.2, 0.25) is 0 Å². The van der Waals surface area contributed by atoms with Gasteiger partial charge in [0.2, 0.25) is 0 Å². The highest BCUT2D eigenvalue weighted by Crippen LogP contribution is 2.34. The fourth-order valence-corrected chi connectivity index (χ4v) is 3.72. The summed E-state index contributed by atoms with van der Waals surface area (Å²) in [5.74, 6) is 0.835. The summed E-state index contributed by atoms with van der Waals surface area (Å²) in [5.41, 5.74) is 0.464. The molecule has 0 bridgehead atoms. The molecule has 0 amide bonds. The van der Waals surface area contributed by atoms with Crippen molar-refractivity contribution < 1.29 is 22.8 Å². The summed E-state index contributed by atoms with van der Waals surface area (Å²) < 4.78 is 37.2. The monoisotopic (exact) mass is 366 g/mol. The van der Waals surface area contributed by atoms with Crippen molar-refractivity contribution in [1.29, 1.82) is 0 Å². The third-order valence-corrected chi connectivity index (χ3v) is 5.68. The summed E-state index contributed by atoms with van der Waals surface area (Å²) >= 11 is 0. The molecule has 0 N–H and O–H groups in total. The van der Waals surface area contributed by atoms with Crippen LogP contribution >= 0.6 is 0 Å². The van der Waals surface area contributed by atoms with Crippen molar-refractivity contribution in [2.75, 3.05) is 25.6 Å². The highest BCUT2D eigenvalue weighted by molar-refractivity contribution is 7.92. The minimum Gasteiger partial charge on any atom is -0.493 e. The van der Waals surface area contributed by atoms with E-state index in [1.54, 1.807) is 19.1 Å². The molecular weight excluding hydrogens is 348 g/mol. The van der Waals surface area contributed by atoms with Crippen LogP contribution < -0.4 is 13.8 Å². The Labute approximate surface area is 145 Å². The second kappa shape index (κ2) is 6.98. The highest BCUT2D eigenvalue weighted by atomic mass is 32.2. The van der Waals surface area contributed by atoms with E-state index in [9.17, 15) is 18.5 Å². The lowest BCUT2D eigenvalue weighted by atomic mass is 10.2. The molecule has 0 aliphatic heterocycles. The number of non-ortho nitro benzene ring substituents is 1. The quantitative estimate of drug-likeness (QED) is 0.576. The molecule has 2 aromatic rings. The van der Waals surface area contributed by atoms with Gasteiger partial charge >= 0.3 is 0 Å². The largest absolute Gasteiger partial charge is 0.493 e. The zero-order chi connectivity index (χ0) is 18.8. The van der Waals surface area contributed by atoms with E-state index in [0.717, 1.165) is 10.4 Å². The fraction of sp³-hybridized carbons (Fsp3) is 0.250. The van der Waals surface area contributed by atoms with Gasteiger partial charge in [0.15, 0.2) is 11.5 Å².